The first-order valence-electron chi connectivity index (χ1n) is 14.3. The molecule has 3 aromatic heterocycles. The normalized spacial score (nSPS) is 17.8. The molecule has 15 heteroatoms. The third-order valence-corrected chi connectivity index (χ3v) is 8.46. The molecule has 0 bridgehead atoms. The molecule has 0 radical (unpaired) electrons. The predicted octanol–water partition coefficient (Wildman–Crippen LogP) is 7.09. The van der Waals surface area contributed by atoms with Crippen LogP contribution in [0.3, 0.4) is 0 Å². The lowest BCUT2D eigenvalue weighted by Gasteiger charge is -2.36. The summed E-state index contributed by atoms with van der Waals surface area (Å²) in [6, 6.07) is 3.01. The summed E-state index contributed by atoms with van der Waals surface area (Å²) in [5.41, 5.74) is 0.293. The summed E-state index contributed by atoms with van der Waals surface area (Å²) >= 11 is 14.4. The van der Waals surface area contributed by atoms with Gasteiger partial charge < -0.3 is 24.0 Å². The minimum Gasteiger partial charge on any atom is -0.444 e. The van der Waals surface area contributed by atoms with Crippen molar-refractivity contribution in [3.63, 3.8) is 0 Å². The van der Waals surface area contributed by atoms with Gasteiger partial charge in [-0.1, -0.05) is 35.0 Å². The van der Waals surface area contributed by atoms with Crippen molar-refractivity contribution in [2.75, 3.05) is 43.9 Å². The molecule has 44 heavy (non-hydrogen) atoms. The third-order valence-electron chi connectivity index (χ3n) is 7.37. The van der Waals surface area contributed by atoms with Crippen LogP contribution in [-0.2, 0) is 9.47 Å². The maximum absolute atomic E-state index is 15.2. The molecular weight excluding hydrogens is 632 g/mol. The number of nitrogens with zero attached hydrogens (tertiary/aromatic N) is 7. The molecule has 2 fully saturated rings. The highest BCUT2D eigenvalue weighted by atomic mass is 35.5. The van der Waals surface area contributed by atoms with Crippen molar-refractivity contribution in [3.8, 4) is 11.6 Å². The van der Waals surface area contributed by atoms with E-state index in [9.17, 15) is 4.79 Å². The summed E-state index contributed by atoms with van der Waals surface area (Å²) in [7, 11) is 0. The highest BCUT2D eigenvalue weighted by molar-refractivity contribution is 7.98. The zero-order valence-electron chi connectivity index (χ0n) is 24.8. The Kier molecular flexibility index (Phi) is 8.66. The number of pyridine rings is 1. The Morgan fingerprint density at radius 3 is 2.55 bits per heavy atom. The highest BCUT2D eigenvalue weighted by Gasteiger charge is 2.29. The number of aromatic nitrogens is 5. The molecule has 2 aliphatic rings. The molecule has 1 amide bonds. The third kappa shape index (κ3) is 6.19. The number of anilines is 1. The van der Waals surface area contributed by atoms with Gasteiger partial charge in [0.05, 0.1) is 22.5 Å². The Morgan fingerprint density at radius 1 is 1.09 bits per heavy atom. The molecule has 2 saturated heterocycles. The van der Waals surface area contributed by atoms with Gasteiger partial charge in [0.15, 0.2) is 17.1 Å². The van der Waals surface area contributed by atoms with Crippen molar-refractivity contribution >= 4 is 68.7 Å². The Bertz CT molecular complexity index is 1720. The van der Waals surface area contributed by atoms with Crippen LogP contribution >= 0.6 is 35.0 Å². The van der Waals surface area contributed by atoms with Crippen LogP contribution < -0.4 is 9.64 Å². The number of rotatable bonds is 5. The molecule has 1 atom stereocenters. The zero-order chi connectivity index (χ0) is 31.2. The lowest BCUT2D eigenvalue weighted by atomic mass is 10.2. The monoisotopic (exact) mass is 663 g/mol. The fourth-order valence-corrected chi connectivity index (χ4v) is 6.05. The van der Waals surface area contributed by atoms with Crippen LogP contribution in [0.2, 0.25) is 10.2 Å². The summed E-state index contributed by atoms with van der Waals surface area (Å²) in [6.45, 7) is 8.05. The maximum atomic E-state index is 15.2. The number of carbonyl (C=O) groups is 1. The van der Waals surface area contributed by atoms with Crippen molar-refractivity contribution in [1.82, 2.24) is 29.6 Å². The standard InChI is InChI=1S/C29H32Cl2FN7O4S/c1-29(2,3)43-28(40)38-10-8-37(9-11-38)25-16-13-20(30)34-26(23(16)35-27(36-25)44-4)42-24-17-15-33-39(21-7-5-6-12-41-21)19(17)14-18(32)22(24)31/h13-15,21H,5-12H2,1-4H3. The number of hydrogen-bond acceptors (Lipinski definition) is 10. The van der Waals surface area contributed by atoms with E-state index in [4.69, 9.17) is 47.4 Å². The smallest absolute Gasteiger partial charge is 0.410 e. The van der Waals surface area contributed by atoms with Gasteiger partial charge in [-0.3, -0.25) is 0 Å². The number of hydrogen-bond donors (Lipinski definition) is 0. The summed E-state index contributed by atoms with van der Waals surface area (Å²) in [6.07, 6.45) is 5.51. The van der Waals surface area contributed by atoms with E-state index in [-0.39, 0.29) is 34.1 Å². The van der Waals surface area contributed by atoms with Crippen LogP contribution in [0.15, 0.2) is 23.5 Å². The minimum atomic E-state index is -0.666. The van der Waals surface area contributed by atoms with Crippen LogP contribution in [0.1, 0.15) is 46.3 Å². The number of ether oxygens (including phenoxy) is 3. The number of carbonyl (C=O) groups excluding carboxylic acids is 1. The SMILES string of the molecule is CSc1nc(N2CCN(C(=O)OC(C)(C)C)CC2)c2cc(Cl)nc(Oc3c(Cl)c(F)cc4c3cnn4C3CCCCO3)c2n1. The number of fused-ring (bicyclic) bond motifs is 2. The molecule has 0 saturated carbocycles. The summed E-state index contributed by atoms with van der Waals surface area (Å²) in [5.74, 6) is 0.0575. The van der Waals surface area contributed by atoms with E-state index >= 15 is 4.39 Å². The minimum absolute atomic E-state index is 0.0503. The van der Waals surface area contributed by atoms with Crippen LogP contribution in [0.25, 0.3) is 21.8 Å². The Labute approximate surface area is 267 Å². The van der Waals surface area contributed by atoms with Gasteiger partial charge in [0.25, 0.3) is 0 Å². The average molecular weight is 665 g/mol. The zero-order valence-corrected chi connectivity index (χ0v) is 27.1. The molecule has 1 unspecified atom stereocenters. The van der Waals surface area contributed by atoms with E-state index in [1.165, 1.54) is 17.8 Å². The molecule has 0 spiro atoms. The topological polar surface area (TPSA) is 108 Å². The fraction of sp³-hybridized carbons (Fsp3) is 0.483. The van der Waals surface area contributed by atoms with E-state index in [0.717, 1.165) is 19.3 Å². The van der Waals surface area contributed by atoms with Crippen LogP contribution in [-0.4, -0.2) is 80.4 Å². The molecule has 2 aliphatic heterocycles. The van der Waals surface area contributed by atoms with E-state index in [1.807, 2.05) is 27.0 Å². The van der Waals surface area contributed by atoms with Crippen molar-refractivity contribution in [1.29, 1.82) is 0 Å². The molecular formula is C29H32Cl2FN7O4S. The van der Waals surface area contributed by atoms with Crippen LogP contribution in [0.4, 0.5) is 15.0 Å². The van der Waals surface area contributed by atoms with E-state index in [1.54, 1.807) is 21.8 Å². The molecule has 1 aromatic carbocycles. The largest absolute Gasteiger partial charge is 0.444 e. The fourth-order valence-electron chi connectivity index (χ4n) is 5.31. The van der Waals surface area contributed by atoms with E-state index < -0.39 is 11.4 Å². The van der Waals surface area contributed by atoms with Gasteiger partial charge in [-0.15, -0.1) is 0 Å². The van der Waals surface area contributed by atoms with Gasteiger partial charge in [-0.05, 0) is 52.4 Å². The van der Waals surface area contributed by atoms with Gasteiger partial charge in [0, 0.05) is 38.9 Å². The first-order valence-corrected chi connectivity index (χ1v) is 16.3. The molecule has 11 nitrogen and oxygen atoms in total. The Balaban J connectivity index is 1.37. The second-order valence-electron chi connectivity index (χ2n) is 11.6. The predicted molar refractivity (Wildman–Crippen MR) is 168 cm³/mol. The number of halogens is 3. The molecule has 4 aromatic rings. The number of piperazine rings is 1. The number of thioether (sulfide) groups is 1. The van der Waals surface area contributed by atoms with Crippen molar-refractivity contribution < 1.29 is 23.4 Å². The lowest BCUT2D eigenvalue weighted by molar-refractivity contribution is -0.0366. The van der Waals surface area contributed by atoms with E-state index in [2.05, 4.69) is 15.0 Å². The van der Waals surface area contributed by atoms with E-state index in [0.29, 0.717) is 65.6 Å². The Hall–Kier alpha value is -3.13. The van der Waals surface area contributed by atoms with Crippen LogP contribution in [0, 0.1) is 5.82 Å². The summed E-state index contributed by atoms with van der Waals surface area (Å²) in [4.78, 5) is 30.3. The second kappa shape index (κ2) is 12.3. The van der Waals surface area contributed by atoms with Crippen molar-refractivity contribution in [2.45, 2.75) is 57.0 Å². The van der Waals surface area contributed by atoms with Gasteiger partial charge >= 0.3 is 6.09 Å². The molecule has 0 N–H and O–H groups in total. The summed E-state index contributed by atoms with van der Waals surface area (Å²) in [5, 5.41) is 5.99. The van der Waals surface area contributed by atoms with Gasteiger partial charge in [-0.25, -0.2) is 23.8 Å². The first-order chi connectivity index (χ1) is 21.0. The molecule has 5 heterocycles. The van der Waals surface area contributed by atoms with Crippen LogP contribution in [0.5, 0.6) is 11.6 Å². The van der Waals surface area contributed by atoms with Gasteiger partial charge in [-0.2, -0.15) is 10.1 Å². The summed E-state index contributed by atoms with van der Waals surface area (Å²) < 4.78 is 34.6. The van der Waals surface area contributed by atoms with Crippen molar-refractivity contribution in [3.05, 3.63) is 34.3 Å². The van der Waals surface area contributed by atoms with Gasteiger partial charge in [0.1, 0.15) is 32.9 Å². The van der Waals surface area contributed by atoms with Crippen molar-refractivity contribution in [2.24, 2.45) is 0 Å². The maximum Gasteiger partial charge on any atom is 0.410 e. The lowest BCUT2D eigenvalue weighted by Crippen LogP contribution is -2.50. The van der Waals surface area contributed by atoms with Gasteiger partial charge in [0.2, 0.25) is 5.88 Å². The molecule has 6 rings (SSSR count). The number of amides is 1. The number of benzene rings is 1. The Morgan fingerprint density at radius 2 is 1.86 bits per heavy atom. The molecule has 0 aliphatic carbocycles. The quantitative estimate of drug-likeness (QED) is 0.125. The first kappa shape index (κ1) is 30.9. The second-order valence-corrected chi connectivity index (χ2v) is 13.1. The molecule has 234 valence electrons. The average Bonchev–Trinajstić information content (AvgIpc) is 3.42. The highest BCUT2D eigenvalue weighted by Crippen LogP contribution is 2.42.